The van der Waals surface area contributed by atoms with Crippen LogP contribution in [0.2, 0.25) is 0 Å². The molecule has 0 aliphatic carbocycles. The number of hydrogen-bond donors (Lipinski definition) is 0. The Morgan fingerprint density at radius 2 is 0.615 bits per heavy atom. The molecule has 0 spiro atoms. The Morgan fingerprint density at radius 3 is 0.865 bits per heavy atom. The highest BCUT2D eigenvalue weighted by Crippen LogP contribution is 2.17. The van der Waals surface area contributed by atoms with Crippen LogP contribution in [0.5, 0.6) is 0 Å². The van der Waals surface area contributed by atoms with Crippen LogP contribution in [0, 0.1) is 0 Å². The van der Waals surface area contributed by atoms with Crippen LogP contribution in [-0.4, -0.2) is 12.6 Å². The molecule has 0 rings (SSSR count). The molecule has 0 aromatic heterocycles. The summed E-state index contributed by atoms with van der Waals surface area (Å²) < 4.78 is 5.29. The number of hydrogen-bond acceptors (Lipinski definition) is 2. The first-order valence-corrected chi connectivity index (χ1v) is 20.9. The average Bonchev–Trinajstić information content (AvgIpc) is 3.07. The van der Waals surface area contributed by atoms with Crippen molar-refractivity contribution in [3.05, 3.63) is 105 Å². The number of carbonyl (C=O) groups is 1. The van der Waals surface area contributed by atoms with Crippen molar-refractivity contribution in [1.82, 2.24) is 0 Å². The molecule has 0 saturated heterocycles. The second-order valence-electron chi connectivity index (χ2n) is 15.8. The van der Waals surface area contributed by atoms with E-state index in [1.807, 2.05) is 6.08 Å². The monoisotopic (exact) mass is 715 g/mol. The predicted molar refractivity (Wildman–Crippen MR) is 234 cm³/mol. The van der Waals surface area contributed by atoms with Gasteiger partial charge in [0.1, 0.15) is 6.61 Å². The molecule has 294 valence electrons. The zero-order valence-electron chi connectivity index (χ0n) is 36.2. The molecule has 0 aromatic rings. The van der Waals surface area contributed by atoms with E-state index in [2.05, 4.69) is 125 Å². The van der Waals surface area contributed by atoms with Crippen LogP contribution in [0.1, 0.15) is 198 Å². The van der Waals surface area contributed by atoms with Crippen molar-refractivity contribution < 1.29 is 9.53 Å². The minimum Gasteiger partial charge on any atom is -0.461 e. The maximum absolute atomic E-state index is 11.6. The third-order valence-electron chi connectivity index (χ3n) is 9.72. The molecule has 0 saturated carbocycles. The number of carbonyl (C=O) groups excluding carboxylic acids is 1. The minimum atomic E-state index is -0.0835. The van der Waals surface area contributed by atoms with Gasteiger partial charge in [0.2, 0.25) is 0 Å². The van der Waals surface area contributed by atoms with E-state index in [1.54, 1.807) is 0 Å². The number of allylic oxidation sites excluding steroid dienone is 17. The Labute approximate surface area is 324 Å². The van der Waals surface area contributed by atoms with Gasteiger partial charge in [-0.3, -0.25) is 4.79 Å². The summed E-state index contributed by atoms with van der Waals surface area (Å²) in [6.45, 7) is 25.0. The van der Waals surface area contributed by atoms with Crippen molar-refractivity contribution >= 4 is 5.97 Å². The first kappa shape index (κ1) is 49.1. The largest absolute Gasteiger partial charge is 0.461 e. The number of ether oxygens (including phenoxy) is 1. The lowest BCUT2D eigenvalue weighted by Gasteiger charge is -2.04. The zero-order chi connectivity index (χ0) is 39.0. The van der Waals surface area contributed by atoms with Gasteiger partial charge in [-0.1, -0.05) is 112 Å². The van der Waals surface area contributed by atoms with Crippen molar-refractivity contribution in [3.63, 3.8) is 0 Å². The summed E-state index contributed by atoms with van der Waals surface area (Å²) in [4.78, 5) is 11.6. The summed E-state index contributed by atoms with van der Waals surface area (Å²) in [7, 11) is 0. The lowest BCUT2D eigenvalue weighted by molar-refractivity contribution is -0.142. The van der Waals surface area contributed by atoms with Crippen LogP contribution in [0.25, 0.3) is 0 Å². The van der Waals surface area contributed by atoms with Crippen molar-refractivity contribution in [2.45, 2.75) is 198 Å². The summed E-state index contributed by atoms with van der Waals surface area (Å²) in [5.41, 5.74) is 13.3. The lowest BCUT2D eigenvalue weighted by Crippen LogP contribution is -2.04. The van der Waals surface area contributed by atoms with Crippen LogP contribution in [0.4, 0.5) is 0 Å². The second kappa shape index (κ2) is 32.8. The van der Waals surface area contributed by atoms with E-state index in [-0.39, 0.29) is 5.97 Å². The maximum Gasteiger partial charge on any atom is 0.306 e. The van der Waals surface area contributed by atoms with Gasteiger partial charge in [0.15, 0.2) is 0 Å². The van der Waals surface area contributed by atoms with Crippen molar-refractivity contribution in [1.29, 1.82) is 0 Å². The first-order chi connectivity index (χ1) is 24.8. The molecule has 2 heteroatoms. The molecule has 0 aromatic carbocycles. The average molecular weight is 715 g/mol. The fourth-order valence-electron chi connectivity index (χ4n) is 5.90. The topological polar surface area (TPSA) is 26.3 Å². The van der Waals surface area contributed by atoms with Gasteiger partial charge in [0, 0.05) is 6.42 Å². The normalized spacial score (nSPS) is 14.3. The van der Waals surface area contributed by atoms with Crippen LogP contribution in [0.15, 0.2) is 105 Å². The SMILES string of the molecule is CCCCC(=O)OCC=C(C)CCC=C(C)CCC=C(C)CCC=C(C)CCC=C(C)CCC=C(C)CCC=C(C)CCC=C(C)CCC=C(C)C. The molecule has 2 nitrogen and oxygen atoms in total. The molecule has 0 N–H and O–H groups in total. The summed E-state index contributed by atoms with van der Waals surface area (Å²) >= 11 is 0. The van der Waals surface area contributed by atoms with Crippen molar-refractivity contribution in [2.24, 2.45) is 0 Å². The van der Waals surface area contributed by atoms with Gasteiger partial charge in [0.05, 0.1) is 0 Å². The van der Waals surface area contributed by atoms with Crippen molar-refractivity contribution in [2.75, 3.05) is 6.61 Å². The van der Waals surface area contributed by atoms with Crippen LogP contribution >= 0.6 is 0 Å². The molecule has 0 aliphatic rings. The Hall–Kier alpha value is -2.87. The molecule has 0 aliphatic heterocycles. The highest BCUT2D eigenvalue weighted by atomic mass is 16.5. The number of esters is 1. The van der Waals surface area contributed by atoms with Gasteiger partial charge in [-0.15, -0.1) is 0 Å². The van der Waals surface area contributed by atoms with E-state index in [1.165, 1.54) is 82.3 Å². The molecule has 0 amide bonds. The molecule has 0 bridgehead atoms. The Bertz CT molecular complexity index is 1260. The Morgan fingerprint density at radius 1 is 0.365 bits per heavy atom. The van der Waals surface area contributed by atoms with Crippen LogP contribution < -0.4 is 0 Å². The Kier molecular flexibility index (Phi) is 30.9. The zero-order valence-corrected chi connectivity index (χ0v) is 36.2. The summed E-state index contributed by atoms with van der Waals surface area (Å²) in [6.07, 6.45) is 42.1. The van der Waals surface area contributed by atoms with Gasteiger partial charge < -0.3 is 4.74 Å². The lowest BCUT2D eigenvalue weighted by atomic mass is 10.0. The van der Waals surface area contributed by atoms with E-state index in [0.717, 1.165) is 83.5 Å². The quantitative estimate of drug-likeness (QED) is 0.0569. The summed E-state index contributed by atoms with van der Waals surface area (Å²) in [6, 6.07) is 0. The summed E-state index contributed by atoms with van der Waals surface area (Å²) in [5.74, 6) is -0.0835. The van der Waals surface area contributed by atoms with Gasteiger partial charge in [-0.05, 0) is 184 Å². The van der Waals surface area contributed by atoms with Gasteiger partial charge in [-0.2, -0.15) is 0 Å². The summed E-state index contributed by atoms with van der Waals surface area (Å²) in [5, 5.41) is 0. The van der Waals surface area contributed by atoms with E-state index < -0.39 is 0 Å². The van der Waals surface area contributed by atoms with Gasteiger partial charge >= 0.3 is 5.97 Å². The molecular formula is C50H82O2. The molecule has 0 unspecified atom stereocenters. The predicted octanol–water partition coefficient (Wildman–Crippen LogP) is 16.5. The molecule has 0 atom stereocenters. The van der Waals surface area contributed by atoms with Crippen molar-refractivity contribution in [3.8, 4) is 0 Å². The number of unbranched alkanes of at least 4 members (excludes halogenated alkanes) is 1. The van der Waals surface area contributed by atoms with Crippen LogP contribution in [0.3, 0.4) is 0 Å². The van der Waals surface area contributed by atoms with E-state index in [0.29, 0.717) is 13.0 Å². The molecular weight excluding hydrogens is 633 g/mol. The highest BCUT2D eigenvalue weighted by molar-refractivity contribution is 5.69. The minimum absolute atomic E-state index is 0.0835. The molecule has 52 heavy (non-hydrogen) atoms. The van der Waals surface area contributed by atoms with Crippen LogP contribution in [-0.2, 0) is 9.53 Å². The fourth-order valence-corrected chi connectivity index (χ4v) is 5.90. The fraction of sp³-hybridized carbons (Fsp3) is 0.620. The van der Waals surface area contributed by atoms with E-state index in [9.17, 15) is 4.79 Å². The van der Waals surface area contributed by atoms with E-state index in [4.69, 9.17) is 4.74 Å². The molecule has 0 heterocycles. The van der Waals surface area contributed by atoms with E-state index >= 15 is 0 Å². The first-order valence-electron chi connectivity index (χ1n) is 20.9. The molecule has 0 fully saturated rings. The smallest absolute Gasteiger partial charge is 0.306 e. The molecule has 0 radical (unpaired) electrons. The highest BCUT2D eigenvalue weighted by Gasteiger charge is 2.01. The Balaban J connectivity index is 4.22. The third kappa shape index (κ3) is 33.0. The second-order valence-corrected chi connectivity index (χ2v) is 15.8. The third-order valence-corrected chi connectivity index (χ3v) is 9.72. The maximum atomic E-state index is 11.6. The van der Waals surface area contributed by atoms with Gasteiger partial charge in [-0.25, -0.2) is 0 Å². The number of rotatable bonds is 29. The standard InChI is InChI=1S/C50H82O2/c1-12-13-38-50(51)52-40-39-49(11)37-21-36-48(10)35-20-34-47(9)33-19-32-46(8)31-18-30-45(7)29-17-28-44(6)27-16-26-43(5)25-15-24-42(4)23-14-22-41(2)3/h22,24,26,28,30,32,34,36,39H,12-21,23,25,27,29,31,33,35,37-38,40H2,1-11H3. The van der Waals surface area contributed by atoms with Gasteiger partial charge in [0.25, 0.3) is 0 Å².